The molecule has 0 aliphatic heterocycles. The molecule has 0 heterocycles. The van der Waals surface area contributed by atoms with Crippen molar-refractivity contribution in [2.45, 2.75) is 37.1 Å². The molecule has 3 radical (unpaired) electrons. The lowest BCUT2D eigenvalue weighted by molar-refractivity contribution is 0.398. The summed E-state index contributed by atoms with van der Waals surface area (Å²) in [5.74, 6) is 0. The van der Waals surface area contributed by atoms with Crippen LogP contribution in [0, 0.1) is 0 Å². The Morgan fingerprint density at radius 1 is 1.07 bits per heavy atom. The first kappa shape index (κ1) is 11.5. The van der Waals surface area contributed by atoms with Crippen molar-refractivity contribution in [3.63, 3.8) is 0 Å². The molecule has 2 rings (SSSR count). The van der Waals surface area contributed by atoms with E-state index in [1.165, 1.54) is 19.3 Å². The van der Waals surface area contributed by atoms with Crippen LogP contribution in [0.5, 0.6) is 0 Å². The van der Waals surface area contributed by atoms with Crippen LogP contribution in [0.25, 0.3) is 0 Å². The molecule has 3 heteroatoms. The number of hydrogen-bond donors (Lipinski definition) is 0. The summed E-state index contributed by atoms with van der Waals surface area (Å²) in [7, 11) is 3.90. The minimum Gasteiger partial charge on any atom is -0.0827 e. The maximum atomic E-state index is 6.25. The van der Waals surface area contributed by atoms with Crippen molar-refractivity contribution in [2.24, 2.45) is 0 Å². The van der Waals surface area contributed by atoms with Gasteiger partial charge in [0.25, 0.3) is 0 Å². The average Bonchev–Trinajstić information content (AvgIpc) is 2.23. The molecule has 0 atom stereocenters. The van der Waals surface area contributed by atoms with Crippen molar-refractivity contribution in [3.8, 4) is 0 Å². The van der Waals surface area contributed by atoms with E-state index >= 15 is 0 Å². The van der Waals surface area contributed by atoms with Crippen molar-refractivity contribution < 1.29 is 0 Å². The van der Waals surface area contributed by atoms with E-state index in [0.29, 0.717) is 10.0 Å². The fourth-order valence-electron chi connectivity index (χ4n) is 2.30. The Labute approximate surface area is 104 Å². The van der Waals surface area contributed by atoms with E-state index in [1.807, 2.05) is 12.1 Å². The van der Waals surface area contributed by atoms with E-state index in [9.17, 15) is 0 Å². The van der Waals surface area contributed by atoms with Crippen LogP contribution in [-0.2, 0) is 5.04 Å². The molecule has 79 valence electrons. The fourth-order valence-corrected chi connectivity index (χ4v) is 3.42. The Morgan fingerprint density at radius 2 is 1.73 bits per heavy atom. The number of halogens is 2. The van der Waals surface area contributed by atoms with E-state index < -0.39 is 0 Å². The molecule has 0 N–H and O–H groups in total. The number of benzene rings is 1. The SMILES string of the molecule is [Si]C1(c2cccc(Cl)c2Cl)CCCCC1. The quantitative estimate of drug-likeness (QED) is 0.656. The molecule has 1 saturated carbocycles. The van der Waals surface area contributed by atoms with Gasteiger partial charge in [-0.2, -0.15) is 0 Å². The Kier molecular flexibility index (Phi) is 3.44. The predicted molar refractivity (Wildman–Crippen MR) is 67.0 cm³/mol. The lowest BCUT2D eigenvalue weighted by Gasteiger charge is -2.34. The monoisotopic (exact) mass is 255 g/mol. The van der Waals surface area contributed by atoms with Crippen molar-refractivity contribution in [1.29, 1.82) is 0 Å². The van der Waals surface area contributed by atoms with Crippen LogP contribution in [0.3, 0.4) is 0 Å². The standard InChI is InChI=1S/C12H13Cl2Si/c13-10-6-4-5-9(11(10)14)12(15)7-2-1-3-8-12/h4-6H,1-3,7-8H2. The van der Waals surface area contributed by atoms with Crippen LogP contribution in [0.15, 0.2) is 18.2 Å². The first-order valence-electron chi connectivity index (χ1n) is 5.33. The molecule has 15 heavy (non-hydrogen) atoms. The highest BCUT2D eigenvalue weighted by Crippen LogP contribution is 2.41. The van der Waals surface area contributed by atoms with Crippen LogP contribution < -0.4 is 0 Å². The van der Waals surface area contributed by atoms with Gasteiger partial charge < -0.3 is 0 Å². The van der Waals surface area contributed by atoms with Gasteiger partial charge in [0, 0.05) is 10.2 Å². The summed E-state index contributed by atoms with van der Waals surface area (Å²) in [5, 5.41) is 1.40. The smallest absolute Gasteiger partial charge is 0.0626 e. The second-order valence-electron chi connectivity index (χ2n) is 4.24. The maximum Gasteiger partial charge on any atom is 0.0626 e. The maximum absolute atomic E-state index is 6.25. The van der Waals surface area contributed by atoms with Crippen LogP contribution in [0.2, 0.25) is 10.0 Å². The minimum atomic E-state index is 0.0419. The van der Waals surface area contributed by atoms with Crippen LogP contribution in [0.1, 0.15) is 37.7 Å². The number of rotatable bonds is 1. The van der Waals surface area contributed by atoms with E-state index in [-0.39, 0.29) is 5.04 Å². The molecule has 1 aromatic carbocycles. The second-order valence-corrected chi connectivity index (χ2v) is 5.99. The second kappa shape index (κ2) is 4.48. The van der Waals surface area contributed by atoms with Gasteiger partial charge in [0.15, 0.2) is 0 Å². The van der Waals surface area contributed by atoms with Gasteiger partial charge in [-0.3, -0.25) is 0 Å². The van der Waals surface area contributed by atoms with Gasteiger partial charge in [-0.25, -0.2) is 0 Å². The molecule has 0 saturated heterocycles. The van der Waals surface area contributed by atoms with Crippen molar-refractivity contribution in [2.75, 3.05) is 0 Å². The highest BCUT2D eigenvalue weighted by Gasteiger charge is 2.31. The minimum absolute atomic E-state index is 0.0419. The highest BCUT2D eigenvalue weighted by molar-refractivity contribution is 6.43. The Balaban J connectivity index is 2.39. The zero-order valence-electron chi connectivity index (χ0n) is 8.52. The Hall–Kier alpha value is 0.0169. The molecule has 0 unspecified atom stereocenters. The Bertz CT molecular complexity index is 357. The van der Waals surface area contributed by atoms with Crippen molar-refractivity contribution in [3.05, 3.63) is 33.8 Å². The van der Waals surface area contributed by atoms with Crippen LogP contribution in [0.4, 0.5) is 0 Å². The van der Waals surface area contributed by atoms with Gasteiger partial charge in [0.1, 0.15) is 0 Å². The fraction of sp³-hybridized carbons (Fsp3) is 0.500. The molecule has 0 aromatic heterocycles. The third-order valence-corrected chi connectivity index (χ3v) is 4.76. The summed E-state index contributed by atoms with van der Waals surface area (Å²) in [4.78, 5) is 0. The third kappa shape index (κ3) is 2.25. The summed E-state index contributed by atoms with van der Waals surface area (Å²) >= 11 is 12.3. The lowest BCUT2D eigenvalue weighted by Crippen LogP contribution is -2.29. The molecule has 0 amide bonds. The molecule has 1 aromatic rings. The zero-order chi connectivity index (χ0) is 10.9. The van der Waals surface area contributed by atoms with Gasteiger partial charge in [-0.15, -0.1) is 0 Å². The topological polar surface area (TPSA) is 0 Å². The van der Waals surface area contributed by atoms with Gasteiger partial charge in [-0.1, -0.05) is 54.6 Å². The number of hydrogen-bond acceptors (Lipinski definition) is 0. The van der Waals surface area contributed by atoms with Gasteiger partial charge in [0.2, 0.25) is 0 Å². The summed E-state index contributed by atoms with van der Waals surface area (Å²) in [6.07, 6.45) is 6.12. The van der Waals surface area contributed by atoms with Gasteiger partial charge >= 0.3 is 0 Å². The molecule has 0 bridgehead atoms. The predicted octanol–water partition coefficient (Wildman–Crippen LogP) is 4.32. The molecule has 1 aliphatic rings. The first-order chi connectivity index (χ1) is 7.13. The summed E-state index contributed by atoms with van der Waals surface area (Å²) < 4.78 is 0. The largest absolute Gasteiger partial charge is 0.0827 e. The Morgan fingerprint density at radius 3 is 2.40 bits per heavy atom. The highest BCUT2D eigenvalue weighted by atomic mass is 35.5. The third-order valence-electron chi connectivity index (χ3n) is 3.17. The van der Waals surface area contributed by atoms with Gasteiger partial charge in [0.05, 0.1) is 10.0 Å². The zero-order valence-corrected chi connectivity index (χ0v) is 11.0. The van der Waals surface area contributed by atoms with Gasteiger partial charge in [-0.05, 0) is 29.5 Å². The summed E-state index contributed by atoms with van der Waals surface area (Å²) in [5.41, 5.74) is 1.15. The molecule has 1 aliphatic carbocycles. The molecule has 0 nitrogen and oxygen atoms in total. The molecule has 0 spiro atoms. The normalized spacial score (nSPS) is 20.2. The van der Waals surface area contributed by atoms with Crippen LogP contribution >= 0.6 is 23.2 Å². The van der Waals surface area contributed by atoms with E-state index in [0.717, 1.165) is 18.4 Å². The average molecular weight is 256 g/mol. The summed E-state index contributed by atoms with van der Waals surface area (Å²) in [6, 6.07) is 5.89. The van der Waals surface area contributed by atoms with Crippen molar-refractivity contribution >= 4 is 33.4 Å². The van der Waals surface area contributed by atoms with Crippen LogP contribution in [-0.4, -0.2) is 10.2 Å². The van der Waals surface area contributed by atoms with E-state index in [2.05, 4.69) is 16.3 Å². The summed E-state index contributed by atoms with van der Waals surface area (Å²) in [6.45, 7) is 0. The molecular weight excluding hydrogens is 243 g/mol. The van der Waals surface area contributed by atoms with E-state index in [4.69, 9.17) is 23.2 Å². The van der Waals surface area contributed by atoms with E-state index in [1.54, 1.807) is 0 Å². The molecule has 1 fully saturated rings. The first-order valence-corrected chi connectivity index (χ1v) is 6.59. The lowest BCUT2D eigenvalue weighted by atomic mass is 9.83. The molecular formula is C12H13Cl2Si. The van der Waals surface area contributed by atoms with Crippen molar-refractivity contribution in [1.82, 2.24) is 0 Å².